The zero-order valence-corrected chi connectivity index (χ0v) is 15.5. The fraction of sp³-hybridized carbons (Fsp3) is 0.125. The number of halogens is 1. The van der Waals surface area contributed by atoms with Gasteiger partial charge in [0.05, 0.1) is 15.9 Å². The van der Waals surface area contributed by atoms with E-state index >= 15 is 0 Å². The van der Waals surface area contributed by atoms with Crippen molar-refractivity contribution >= 4 is 40.6 Å². The number of nitro benzene ring substituents is 1. The fourth-order valence-corrected chi connectivity index (χ4v) is 3.11. The molecule has 0 saturated heterocycles. The Morgan fingerprint density at radius 2 is 1.96 bits per heavy atom. The van der Waals surface area contributed by atoms with E-state index < -0.39 is 16.1 Å². The maximum absolute atomic E-state index is 12.5. The van der Waals surface area contributed by atoms with Crippen molar-refractivity contribution in [3.63, 3.8) is 0 Å². The minimum atomic E-state index is -0.595. The van der Waals surface area contributed by atoms with E-state index in [1.54, 1.807) is 37.3 Å². The van der Waals surface area contributed by atoms with Gasteiger partial charge in [0.1, 0.15) is 5.69 Å². The lowest BCUT2D eigenvalue weighted by Crippen LogP contribution is -2.23. The summed E-state index contributed by atoms with van der Waals surface area (Å²) in [5.74, 6) is -0.403. The third kappa shape index (κ3) is 4.41. The smallest absolute Gasteiger partial charge is 0.292 e. The van der Waals surface area contributed by atoms with Gasteiger partial charge in [-0.25, -0.2) is 0 Å². The molecule has 0 radical (unpaired) electrons. The lowest BCUT2D eigenvalue weighted by atomic mass is 10.2. The molecule has 9 nitrogen and oxygen atoms in total. The van der Waals surface area contributed by atoms with Gasteiger partial charge in [0.25, 0.3) is 5.69 Å². The molecule has 3 aromatic rings. The van der Waals surface area contributed by atoms with Crippen molar-refractivity contribution in [3.05, 3.63) is 63.7 Å². The summed E-state index contributed by atoms with van der Waals surface area (Å²) < 4.78 is 1.48. The van der Waals surface area contributed by atoms with Gasteiger partial charge in [0, 0.05) is 11.1 Å². The van der Waals surface area contributed by atoms with Gasteiger partial charge in [-0.15, -0.1) is 5.10 Å². The summed E-state index contributed by atoms with van der Waals surface area (Å²) in [6, 6.07) is 12.9. The van der Waals surface area contributed by atoms with Gasteiger partial charge in [-0.05, 0) is 47.7 Å². The predicted octanol–water partition coefficient (Wildman–Crippen LogP) is 3.34. The molecule has 0 bridgehead atoms. The molecule has 1 heterocycles. The fourth-order valence-electron chi connectivity index (χ4n) is 2.18. The summed E-state index contributed by atoms with van der Waals surface area (Å²) in [5.41, 5.74) is 0.657. The first-order valence-corrected chi connectivity index (χ1v) is 8.96. The quantitative estimate of drug-likeness (QED) is 0.380. The molecule has 1 N–H and O–H groups in total. The average molecular weight is 405 g/mol. The van der Waals surface area contributed by atoms with E-state index in [-0.39, 0.29) is 11.4 Å². The van der Waals surface area contributed by atoms with Crippen LogP contribution in [-0.4, -0.2) is 36.3 Å². The van der Waals surface area contributed by atoms with E-state index in [0.717, 1.165) is 11.8 Å². The second-order valence-corrected chi connectivity index (χ2v) is 7.12. The number of carbonyl (C=O) groups excluding carboxylic acids is 1. The molecule has 2 aromatic carbocycles. The molecule has 0 spiro atoms. The lowest BCUT2D eigenvalue weighted by Gasteiger charge is -2.12. The molecular formula is C16H13ClN6O3S. The standard InChI is InChI=1S/C16H13ClN6O3S/c1-10(15(24)18-13-4-2-3-5-14(13)23(25)26)27-16-19-20-21-22(16)12-8-6-11(17)7-9-12/h2-10H,1H3,(H,18,24)/t10-/m0/s1. The van der Waals surface area contributed by atoms with Gasteiger partial charge in [0.15, 0.2) is 0 Å². The molecule has 1 aromatic heterocycles. The second-order valence-electron chi connectivity index (χ2n) is 5.37. The Bertz CT molecular complexity index is 978. The maximum atomic E-state index is 12.5. The van der Waals surface area contributed by atoms with Crippen LogP contribution in [0.1, 0.15) is 6.92 Å². The van der Waals surface area contributed by atoms with E-state index in [1.165, 1.54) is 22.9 Å². The number of thioether (sulfide) groups is 1. The third-order valence-corrected chi connectivity index (χ3v) is 4.81. The highest BCUT2D eigenvalue weighted by molar-refractivity contribution is 8.00. The Hall–Kier alpha value is -2.98. The van der Waals surface area contributed by atoms with Crippen LogP contribution in [0.25, 0.3) is 5.69 Å². The highest BCUT2D eigenvalue weighted by Crippen LogP contribution is 2.27. The first-order chi connectivity index (χ1) is 13.0. The first kappa shape index (κ1) is 18.8. The van der Waals surface area contributed by atoms with Gasteiger partial charge in [-0.1, -0.05) is 35.5 Å². The largest absolute Gasteiger partial charge is 0.319 e. The van der Waals surface area contributed by atoms with Crippen molar-refractivity contribution in [1.29, 1.82) is 0 Å². The molecule has 0 fully saturated rings. The van der Waals surface area contributed by atoms with Crippen molar-refractivity contribution in [2.75, 3.05) is 5.32 Å². The number of nitrogens with one attached hydrogen (secondary N) is 1. The van der Waals surface area contributed by atoms with Gasteiger partial charge < -0.3 is 5.32 Å². The van der Waals surface area contributed by atoms with Gasteiger partial charge in [-0.2, -0.15) is 4.68 Å². The SMILES string of the molecule is C[C@H](Sc1nnnn1-c1ccc(Cl)cc1)C(=O)Nc1ccccc1[N+](=O)[O-]. The molecular weight excluding hydrogens is 392 g/mol. The summed E-state index contributed by atoms with van der Waals surface area (Å²) >= 11 is 7.01. The number of hydrogen-bond acceptors (Lipinski definition) is 7. The molecule has 3 rings (SSSR count). The highest BCUT2D eigenvalue weighted by atomic mass is 35.5. The van der Waals surface area contributed by atoms with Crippen LogP contribution >= 0.6 is 23.4 Å². The number of tetrazole rings is 1. The topological polar surface area (TPSA) is 116 Å². The second kappa shape index (κ2) is 8.14. The van der Waals surface area contributed by atoms with E-state index in [2.05, 4.69) is 20.8 Å². The molecule has 0 saturated carbocycles. The summed E-state index contributed by atoms with van der Waals surface area (Å²) in [6.07, 6.45) is 0. The molecule has 1 amide bonds. The van der Waals surface area contributed by atoms with Crippen LogP contribution in [0.2, 0.25) is 5.02 Å². The van der Waals surface area contributed by atoms with Crippen molar-refractivity contribution in [3.8, 4) is 5.69 Å². The monoisotopic (exact) mass is 404 g/mol. The molecule has 0 unspecified atom stereocenters. The lowest BCUT2D eigenvalue weighted by molar-refractivity contribution is -0.383. The van der Waals surface area contributed by atoms with E-state index in [1.807, 2.05) is 0 Å². The van der Waals surface area contributed by atoms with Crippen LogP contribution in [0.5, 0.6) is 0 Å². The van der Waals surface area contributed by atoms with Gasteiger partial charge in [-0.3, -0.25) is 14.9 Å². The first-order valence-electron chi connectivity index (χ1n) is 7.71. The molecule has 138 valence electrons. The Morgan fingerprint density at radius 3 is 2.67 bits per heavy atom. The number of aromatic nitrogens is 4. The van der Waals surface area contributed by atoms with Crippen LogP contribution in [0, 0.1) is 10.1 Å². The zero-order valence-electron chi connectivity index (χ0n) is 13.9. The normalized spacial score (nSPS) is 11.8. The molecule has 0 aliphatic rings. The van der Waals surface area contributed by atoms with Crippen molar-refractivity contribution < 1.29 is 9.72 Å². The maximum Gasteiger partial charge on any atom is 0.292 e. The number of rotatable bonds is 6. The number of nitro groups is 1. The number of amides is 1. The van der Waals surface area contributed by atoms with Crippen molar-refractivity contribution in [2.45, 2.75) is 17.3 Å². The average Bonchev–Trinajstić information content (AvgIpc) is 3.10. The highest BCUT2D eigenvalue weighted by Gasteiger charge is 2.22. The Morgan fingerprint density at radius 1 is 1.26 bits per heavy atom. The van der Waals surface area contributed by atoms with Crippen LogP contribution < -0.4 is 5.32 Å². The van der Waals surface area contributed by atoms with Gasteiger partial charge in [0.2, 0.25) is 11.1 Å². The van der Waals surface area contributed by atoms with E-state index in [4.69, 9.17) is 11.6 Å². The summed E-state index contributed by atoms with van der Waals surface area (Å²) in [5, 5.41) is 25.5. The number of hydrogen-bond donors (Lipinski definition) is 1. The number of carbonyl (C=O) groups is 1. The molecule has 11 heteroatoms. The van der Waals surface area contributed by atoms with E-state index in [9.17, 15) is 14.9 Å². The van der Waals surface area contributed by atoms with Crippen LogP contribution in [0.4, 0.5) is 11.4 Å². The molecule has 27 heavy (non-hydrogen) atoms. The Balaban J connectivity index is 1.74. The number of para-hydroxylation sites is 2. The minimum absolute atomic E-state index is 0.136. The third-order valence-electron chi connectivity index (χ3n) is 3.52. The van der Waals surface area contributed by atoms with Crippen molar-refractivity contribution in [2.24, 2.45) is 0 Å². The minimum Gasteiger partial charge on any atom is -0.319 e. The number of anilines is 1. The van der Waals surface area contributed by atoms with Crippen LogP contribution in [0.3, 0.4) is 0 Å². The Kier molecular flexibility index (Phi) is 5.67. The zero-order chi connectivity index (χ0) is 19.4. The number of benzene rings is 2. The predicted molar refractivity (Wildman–Crippen MR) is 101 cm³/mol. The Labute approximate surface area is 162 Å². The number of nitrogens with zero attached hydrogens (tertiary/aromatic N) is 5. The molecule has 0 aliphatic heterocycles. The van der Waals surface area contributed by atoms with Crippen molar-refractivity contribution in [1.82, 2.24) is 20.2 Å². The van der Waals surface area contributed by atoms with Crippen LogP contribution in [-0.2, 0) is 4.79 Å². The summed E-state index contributed by atoms with van der Waals surface area (Å²) in [6.45, 7) is 1.66. The summed E-state index contributed by atoms with van der Waals surface area (Å²) in [7, 11) is 0. The molecule has 0 aliphatic carbocycles. The molecule has 1 atom stereocenters. The van der Waals surface area contributed by atoms with Gasteiger partial charge >= 0.3 is 0 Å². The van der Waals surface area contributed by atoms with E-state index in [0.29, 0.717) is 15.9 Å². The summed E-state index contributed by atoms with van der Waals surface area (Å²) in [4.78, 5) is 23.0. The van der Waals surface area contributed by atoms with Crippen LogP contribution in [0.15, 0.2) is 53.7 Å².